The highest BCUT2D eigenvalue weighted by atomic mass is 19.1. The van der Waals surface area contributed by atoms with E-state index in [1.165, 1.54) is 5.57 Å². The van der Waals surface area contributed by atoms with Gasteiger partial charge in [0.05, 0.1) is 12.5 Å². The molecule has 0 N–H and O–H groups in total. The zero-order valence-corrected chi connectivity index (χ0v) is 21.8. The van der Waals surface area contributed by atoms with Gasteiger partial charge in [-0.2, -0.15) is 0 Å². The van der Waals surface area contributed by atoms with Gasteiger partial charge in [0.2, 0.25) is 5.89 Å². The van der Waals surface area contributed by atoms with Gasteiger partial charge in [0.15, 0.2) is 0 Å². The highest BCUT2D eigenvalue weighted by Crippen LogP contribution is 2.39. The lowest BCUT2D eigenvalue weighted by atomic mass is 9.69. The van der Waals surface area contributed by atoms with Crippen molar-refractivity contribution in [1.82, 2.24) is 24.6 Å². The van der Waals surface area contributed by atoms with Gasteiger partial charge in [0, 0.05) is 51.9 Å². The molecule has 0 unspecified atom stereocenters. The second-order valence-electron chi connectivity index (χ2n) is 10.8. The van der Waals surface area contributed by atoms with Gasteiger partial charge < -0.3 is 13.9 Å². The van der Waals surface area contributed by atoms with Gasteiger partial charge in [-0.1, -0.05) is 25.5 Å². The van der Waals surface area contributed by atoms with Crippen LogP contribution in [0.3, 0.4) is 0 Å². The summed E-state index contributed by atoms with van der Waals surface area (Å²) in [6.45, 7) is 12.1. The second kappa shape index (κ2) is 10.5. The van der Waals surface area contributed by atoms with Crippen molar-refractivity contribution in [2.75, 3.05) is 37.6 Å². The molecule has 1 aromatic carbocycles. The monoisotopic (exact) mass is 492 g/mol. The topological polar surface area (TPSA) is 63.2 Å². The van der Waals surface area contributed by atoms with Crippen LogP contribution in [-0.4, -0.2) is 57.4 Å². The molecule has 3 heterocycles. The number of aryl methyl sites for hydroxylation is 1. The molecule has 1 fully saturated rings. The fraction of sp³-hybridized carbons (Fsp3) is 0.536. The van der Waals surface area contributed by atoms with Crippen LogP contribution in [0, 0.1) is 29.5 Å². The number of aromatic nitrogens is 4. The summed E-state index contributed by atoms with van der Waals surface area (Å²) >= 11 is 0. The standard InChI is InChI=1S/C28H37FN6O/c1-19(2)25-14-21(15-27-31-32-28(36-27)26-16-30-18-33(26)4)20(3)13-22(25)17-34-9-11-35(12-10-34)24-7-5-23(29)6-8-24/h5-8,13,16,18-19,21-22,25H,9-12,14-15,17H2,1-4H3/t21-,22-,25-/m0/s1. The van der Waals surface area contributed by atoms with Crippen LogP contribution < -0.4 is 4.90 Å². The Labute approximate surface area is 213 Å². The Morgan fingerprint density at radius 3 is 2.50 bits per heavy atom. The maximum absolute atomic E-state index is 13.3. The summed E-state index contributed by atoms with van der Waals surface area (Å²) in [6.07, 6.45) is 7.93. The minimum atomic E-state index is -0.178. The van der Waals surface area contributed by atoms with Gasteiger partial charge in [-0.15, -0.1) is 10.2 Å². The summed E-state index contributed by atoms with van der Waals surface area (Å²) in [7, 11) is 1.93. The third kappa shape index (κ3) is 5.38. The molecular weight excluding hydrogens is 455 g/mol. The van der Waals surface area contributed by atoms with E-state index in [9.17, 15) is 4.39 Å². The van der Waals surface area contributed by atoms with E-state index in [0.717, 1.165) is 56.9 Å². The number of rotatable bonds is 7. The molecule has 1 aliphatic carbocycles. The molecule has 36 heavy (non-hydrogen) atoms. The molecular formula is C28H37FN6O. The molecule has 0 amide bonds. The Morgan fingerprint density at radius 1 is 1.08 bits per heavy atom. The first-order valence-electron chi connectivity index (χ1n) is 13.1. The minimum Gasteiger partial charge on any atom is -0.419 e. The molecule has 3 aromatic rings. The number of hydrogen-bond acceptors (Lipinski definition) is 6. The van der Waals surface area contributed by atoms with Crippen LogP contribution in [0.5, 0.6) is 0 Å². The molecule has 5 rings (SSSR count). The SMILES string of the molecule is CC1=C[C@@H](CN2CCN(c3ccc(F)cc3)CC2)[C@H](C(C)C)C[C@H]1Cc1nnc(-c2cncn2C)o1. The van der Waals surface area contributed by atoms with E-state index < -0.39 is 0 Å². The van der Waals surface area contributed by atoms with Crippen LogP contribution in [-0.2, 0) is 13.5 Å². The molecule has 8 heteroatoms. The van der Waals surface area contributed by atoms with Crippen molar-refractivity contribution < 1.29 is 8.81 Å². The van der Waals surface area contributed by atoms with Crippen molar-refractivity contribution in [2.24, 2.45) is 30.7 Å². The Balaban J connectivity index is 1.21. The Bertz CT molecular complexity index is 1170. The highest BCUT2D eigenvalue weighted by Gasteiger charge is 2.34. The zero-order chi connectivity index (χ0) is 25.2. The minimum absolute atomic E-state index is 0.178. The van der Waals surface area contributed by atoms with Crippen LogP contribution in [0.15, 0.2) is 52.9 Å². The summed E-state index contributed by atoms with van der Waals surface area (Å²) in [5, 5.41) is 8.61. The summed E-state index contributed by atoms with van der Waals surface area (Å²) in [5.74, 6) is 3.24. The molecule has 0 bridgehead atoms. The fourth-order valence-corrected chi connectivity index (χ4v) is 5.84. The van der Waals surface area contributed by atoms with Gasteiger partial charge in [-0.3, -0.25) is 4.90 Å². The lowest BCUT2D eigenvalue weighted by Crippen LogP contribution is -2.49. The predicted molar refractivity (Wildman–Crippen MR) is 139 cm³/mol. The van der Waals surface area contributed by atoms with Crippen LogP contribution >= 0.6 is 0 Å². The van der Waals surface area contributed by atoms with Gasteiger partial charge in [0.25, 0.3) is 5.89 Å². The number of piperazine rings is 1. The molecule has 0 spiro atoms. The molecule has 1 aliphatic heterocycles. The number of anilines is 1. The van der Waals surface area contributed by atoms with E-state index in [1.807, 2.05) is 23.7 Å². The smallest absolute Gasteiger partial charge is 0.265 e. The van der Waals surface area contributed by atoms with Gasteiger partial charge in [0.1, 0.15) is 11.5 Å². The van der Waals surface area contributed by atoms with Crippen molar-refractivity contribution >= 4 is 5.69 Å². The summed E-state index contributed by atoms with van der Waals surface area (Å²) in [4.78, 5) is 9.11. The number of imidazole rings is 1. The Morgan fingerprint density at radius 2 is 1.83 bits per heavy atom. The third-order valence-electron chi connectivity index (χ3n) is 8.04. The van der Waals surface area contributed by atoms with Gasteiger partial charge in [-0.25, -0.2) is 9.37 Å². The Hall–Kier alpha value is -3.00. The molecule has 192 valence electrons. The quantitative estimate of drug-likeness (QED) is 0.441. The van der Waals surface area contributed by atoms with Gasteiger partial charge >= 0.3 is 0 Å². The van der Waals surface area contributed by atoms with E-state index >= 15 is 0 Å². The highest BCUT2D eigenvalue weighted by molar-refractivity contribution is 5.47. The molecule has 1 saturated heterocycles. The largest absolute Gasteiger partial charge is 0.419 e. The van der Waals surface area contributed by atoms with E-state index in [4.69, 9.17) is 4.42 Å². The third-order valence-corrected chi connectivity index (χ3v) is 8.04. The second-order valence-corrected chi connectivity index (χ2v) is 10.8. The summed E-state index contributed by atoms with van der Waals surface area (Å²) in [5.41, 5.74) is 3.38. The maximum Gasteiger partial charge on any atom is 0.265 e. The molecule has 0 saturated carbocycles. The average Bonchev–Trinajstić information content (AvgIpc) is 3.50. The lowest BCUT2D eigenvalue weighted by molar-refractivity contribution is 0.155. The van der Waals surface area contributed by atoms with Crippen LogP contribution in [0.1, 0.15) is 33.1 Å². The van der Waals surface area contributed by atoms with Crippen molar-refractivity contribution in [3.8, 4) is 11.6 Å². The number of allylic oxidation sites excluding steroid dienone is 1. The van der Waals surface area contributed by atoms with Crippen molar-refractivity contribution in [3.05, 3.63) is 60.1 Å². The van der Waals surface area contributed by atoms with Crippen LogP contribution in [0.2, 0.25) is 0 Å². The fourth-order valence-electron chi connectivity index (χ4n) is 5.84. The van der Waals surface area contributed by atoms with Crippen LogP contribution in [0.4, 0.5) is 10.1 Å². The average molecular weight is 493 g/mol. The summed E-state index contributed by atoms with van der Waals surface area (Å²) < 4.78 is 21.2. The van der Waals surface area contributed by atoms with Crippen molar-refractivity contribution in [3.63, 3.8) is 0 Å². The van der Waals surface area contributed by atoms with Crippen LogP contribution in [0.25, 0.3) is 11.6 Å². The lowest BCUT2D eigenvalue weighted by Gasteiger charge is -2.42. The van der Waals surface area contributed by atoms with E-state index in [-0.39, 0.29) is 5.82 Å². The van der Waals surface area contributed by atoms with Crippen molar-refractivity contribution in [1.29, 1.82) is 0 Å². The Kier molecular flexibility index (Phi) is 7.23. The molecule has 2 aliphatic rings. The predicted octanol–water partition coefficient (Wildman–Crippen LogP) is 4.83. The number of halogens is 1. The normalized spacial score (nSPS) is 23.3. The molecule has 3 atom stereocenters. The van der Waals surface area contributed by atoms with E-state index in [2.05, 4.69) is 51.8 Å². The maximum atomic E-state index is 13.3. The zero-order valence-electron chi connectivity index (χ0n) is 21.8. The first-order chi connectivity index (χ1) is 17.4. The first-order valence-corrected chi connectivity index (χ1v) is 13.1. The van der Waals surface area contributed by atoms with E-state index in [0.29, 0.717) is 35.5 Å². The van der Waals surface area contributed by atoms with Gasteiger partial charge in [-0.05, 0) is 61.3 Å². The number of nitrogens with zero attached hydrogens (tertiary/aromatic N) is 6. The van der Waals surface area contributed by atoms with E-state index in [1.54, 1.807) is 24.7 Å². The first kappa shape index (κ1) is 24.7. The van der Waals surface area contributed by atoms with Crippen molar-refractivity contribution in [2.45, 2.75) is 33.6 Å². The number of benzene rings is 1. The number of hydrogen-bond donors (Lipinski definition) is 0. The summed E-state index contributed by atoms with van der Waals surface area (Å²) in [6, 6.07) is 6.87. The molecule has 0 radical (unpaired) electrons. The molecule has 7 nitrogen and oxygen atoms in total. The molecule has 2 aromatic heterocycles.